The highest BCUT2D eigenvalue weighted by Crippen LogP contribution is 2.13. The first-order valence-electron chi connectivity index (χ1n) is 8.77. The van der Waals surface area contributed by atoms with Gasteiger partial charge in [0.2, 0.25) is 0 Å². The minimum Gasteiger partial charge on any atom is -0.466 e. The van der Waals surface area contributed by atoms with Crippen LogP contribution < -0.4 is 0 Å². The quantitative estimate of drug-likeness (QED) is 0.326. The Morgan fingerprint density at radius 1 is 0.955 bits per heavy atom. The number of oxime groups is 1. The Morgan fingerprint density at radius 3 is 2.23 bits per heavy atom. The molecule has 0 aromatic carbocycles. The van der Waals surface area contributed by atoms with E-state index in [1.165, 1.54) is 32.1 Å². The fraction of sp³-hybridized carbons (Fsp3) is 0.778. The van der Waals surface area contributed by atoms with Crippen LogP contribution in [0.3, 0.4) is 0 Å². The summed E-state index contributed by atoms with van der Waals surface area (Å²) >= 11 is 0. The number of hydrogen-bond donors (Lipinski definition) is 0. The van der Waals surface area contributed by atoms with Gasteiger partial charge in [-0.05, 0) is 32.1 Å². The van der Waals surface area contributed by atoms with Gasteiger partial charge in [-0.15, -0.1) is 0 Å². The summed E-state index contributed by atoms with van der Waals surface area (Å²) in [5.74, 6) is -0.0616. The smallest absolute Gasteiger partial charge is 0.305 e. The summed E-state index contributed by atoms with van der Waals surface area (Å²) in [6.45, 7) is 4.55. The second kappa shape index (κ2) is 13.4. The largest absolute Gasteiger partial charge is 0.466 e. The normalized spacial score (nSPS) is 22.0. The average Bonchev–Trinajstić information content (AvgIpc) is 2.51. The van der Waals surface area contributed by atoms with E-state index in [-0.39, 0.29) is 5.97 Å². The number of esters is 1. The van der Waals surface area contributed by atoms with Crippen molar-refractivity contribution in [3.63, 3.8) is 0 Å². The number of cyclic esters (lactones) is 1. The van der Waals surface area contributed by atoms with Gasteiger partial charge in [0.25, 0.3) is 0 Å². The standard InChI is InChI=1S/C18H31NO3/c1-2-15-22-19-17-12-9-7-5-3-4-6-8-10-14-18(20)21-16-11-13-17/h2H,1,3-16H2/b19-17+. The van der Waals surface area contributed by atoms with Gasteiger partial charge in [-0.25, -0.2) is 0 Å². The third-order valence-corrected chi connectivity index (χ3v) is 3.86. The molecule has 0 N–H and O–H groups in total. The van der Waals surface area contributed by atoms with Gasteiger partial charge in [0.1, 0.15) is 6.61 Å². The van der Waals surface area contributed by atoms with E-state index < -0.39 is 0 Å². The lowest BCUT2D eigenvalue weighted by Gasteiger charge is -2.09. The van der Waals surface area contributed by atoms with Crippen LogP contribution in [0.15, 0.2) is 17.8 Å². The predicted molar refractivity (Wildman–Crippen MR) is 89.9 cm³/mol. The van der Waals surface area contributed by atoms with Gasteiger partial charge in [-0.3, -0.25) is 4.79 Å². The maximum absolute atomic E-state index is 11.6. The topological polar surface area (TPSA) is 47.9 Å². The van der Waals surface area contributed by atoms with Crippen LogP contribution in [0.4, 0.5) is 0 Å². The molecule has 1 saturated heterocycles. The lowest BCUT2D eigenvalue weighted by Crippen LogP contribution is -2.08. The van der Waals surface area contributed by atoms with E-state index in [1.807, 2.05) is 0 Å². The van der Waals surface area contributed by atoms with Crippen molar-refractivity contribution in [2.24, 2.45) is 5.16 Å². The van der Waals surface area contributed by atoms with Crippen molar-refractivity contribution in [2.45, 2.75) is 77.0 Å². The van der Waals surface area contributed by atoms with Gasteiger partial charge >= 0.3 is 5.97 Å². The first-order chi connectivity index (χ1) is 10.8. The number of nitrogens with zero attached hydrogens (tertiary/aromatic N) is 1. The van der Waals surface area contributed by atoms with Gasteiger partial charge in [0, 0.05) is 6.42 Å². The van der Waals surface area contributed by atoms with Crippen LogP contribution >= 0.6 is 0 Å². The maximum Gasteiger partial charge on any atom is 0.305 e. The number of rotatable bonds is 3. The molecule has 0 spiro atoms. The molecule has 1 heterocycles. The molecule has 1 aliphatic heterocycles. The molecule has 0 radical (unpaired) electrons. The predicted octanol–water partition coefficient (Wildman–Crippen LogP) is 4.78. The van der Waals surface area contributed by atoms with Crippen molar-refractivity contribution < 1.29 is 14.4 Å². The van der Waals surface area contributed by atoms with Crippen molar-refractivity contribution in [3.8, 4) is 0 Å². The summed E-state index contributed by atoms with van der Waals surface area (Å²) in [6.07, 6.45) is 14.5. The van der Waals surface area contributed by atoms with Gasteiger partial charge in [-0.2, -0.15) is 0 Å². The molecule has 0 aromatic rings. The van der Waals surface area contributed by atoms with Crippen molar-refractivity contribution in [2.75, 3.05) is 13.2 Å². The van der Waals surface area contributed by atoms with Crippen molar-refractivity contribution in [1.29, 1.82) is 0 Å². The summed E-state index contributed by atoms with van der Waals surface area (Å²) in [7, 11) is 0. The molecule has 0 amide bonds. The minimum atomic E-state index is -0.0616. The van der Waals surface area contributed by atoms with Crippen LogP contribution in [0.1, 0.15) is 77.0 Å². The number of carbonyl (C=O) groups is 1. The molecule has 1 aliphatic rings. The number of ether oxygens (including phenoxy) is 1. The first kappa shape index (κ1) is 18.7. The molecule has 0 atom stereocenters. The Balaban J connectivity index is 2.39. The third-order valence-electron chi connectivity index (χ3n) is 3.86. The Bertz CT molecular complexity index is 339. The molecular formula is C18H31NO3. The van der Waals surface area contributed by atoms with Crippen LogP contribution in [0.2, 0.25) is 0 Å². The molecule has 0 aromatic heterocycles. The van der Waals surface area contributed by atoms with Gasteiger partial charge in [0.15, 0.2) is 0 Å². The van der Waals surface area contributed by atoms with E-state index in [9.17, 15) is 4.79 Å². The summed E-state index contributed by atoms with van der Waals surface area (Å²) in [4.78, 5) is 16.8. The minimum absolute atomic E-state index is 0.0616. The van der Waals surface area contributed by atoms with Crippen molar-refractivity contribution in [3.05, 3.63) is 12.7 Å². The van der Waals surface area contributed by atoms with Crippen LogP contribution in [0.25, 0.3) is 0 Å². The molecule has 0 aliphatic carbocycles. The van der Waals surface area contributed by atoms with E-state index in [0.717, 1.165) is 44.2 Å². The highest BCUT2D eigenvalue weighted by molar-refractivity contribution is 5.83. The summed E-state index contributed by atoms with van der Waals surface area (Å²) in [6, 6.07) is 0. The number of hydrogen-bond acceptors (Lipinski definition) is 4. The zero-order valence-electron chi connectivity index (χ0n) is 13.9. The SMILES string of the molecule is C=CCO/N=C1\CCCCCCCCCCC(=O)OCCC1. The fourth-order valence-corrected chi connectivity index (χ4v) is 2.59. The van der Waals surface area contributed by atoms with E-state index in [2.05, 4.69) is 11.7 Å². The molecule has 4 heteroatoms. The van der Waals surface area contributed by atoms with Crippen molar-refractivity contribution in [1.82, 2.24) is 0 Å². The van der Waals surface area contributed by atoms with Crippen LogP contribution in [-0.2, 0) is 14.4 Å². The maximum atomic E-state index is 11.6. The fourth-order valence-electron chi connectivity index (χ4n) is 2.59. The molecule has 1 fully saturated rings. The average molecular weight is 309 g/mol. The zero-order chi connectivity index (χ0) is 15.9. The zero-order valence-corrected chi connectivity index (χ0v) is 13.9. The van der Waals surface area contributed by atoms with Crippen LogP contribution in [0.5, 0.6) is 0 Å². The van der Waals surface area contributed by atoms with E-state index >= 15 is 0 Å². The van der Waals surface area contributed by atoms with Gasteiger partial charge in [0.05, 0.1) is 12.3 Å². The molecule has 22 heavy (non-hydrogen) atoms. The Kier molecular flexibility index (Phi) is 11.4. The second-order valence-corrected chi connectivity index (χ2v) is 5.89. The van der Waals surface area contributed by atoms with E-state index in [0.29, 0.717) is 19.6 Å². The van der Waals surface area contributed by atoms with Crippen molar-refractivity contribution >= 4 is 11.7 Å². The Hall–Kier alpha value is -1.32. The first-order valence-corrected chi connectivity index (χ1v) is 8.77. The molecule has 0 unspecified atom stereocenters. The second-order valence-electron chi connectivity index (χ2n) is 5.89. The van der Waals surface area contributed by atoms with E-state index in [4.69, 9.17) is 9.57 Å². The molecular weight excluding hydrogens is 278 g/mol. The third kappa shape index (κ3) is 10.4. The van der Waals surface area contributed by atoms with Gasteiger partial charge < -0.3 is 9.57 Å². The highest BCUT2D eigenvalue weighted by atomic mass is 16.6. The summed E-state index contributed by atoms with van der Waals surface area (Å²) in [5.41, 5.74) is 1.07. The lowest BCUT2D eigenvalue weighted by atomic mass is 10.0. The molecule has 4 nitrogen and oxygen atoms in total. The summed E-state index contributed by atoms with van der Waals surface area (Å²) in [5, 5.41) is 4.20. The Labute approximate surface area is 134 Å². The molecule has 0 saturated carbocycles. The van der Waals surface area contributed by atoms with Gasteiger partial charge in [-0.1, -0.05) is 56.3 Å². The van der Waals surface area contributed by atoms with Crippen LogP contribution in [-0.4, -0.2) is 24.9 Å². The highest BCUT2D eigenvalue weighted by Gasteiger charge is 2.06. The molecule has 1 rings (SSSR count). The summed E-state index contributed by atoms with van der Waals surface area (Å²) < 4.78 is 5.27. The van der Waals surface area contributed by atoms with E-state index in [1.54, 1.807) is 6.08 Å². The van der Waals surface area contributed by atoms with Crippen LogP contribution in [0, 0.1) is 0 Å². The monoisotopic (exact) mass is 309 g/mol. The Morgan fingerprint density at radius 2 is 1.55 bits per heavy atom. The molecule has 0 bridgehead atoms. The lowest BCUT2D eigenvalue weighted by molar-refractivity contribution is -0.143. The number of carbonyl (C=O) groups excluding carboxylic acids is 1. The molecule has 126 valence electrons.